The van der Waals surface area contributed by atoms with Crippen molar-refractivity contribution in [3.63, 3.8) is 0 Å². The highest BCUT2D eigenvalue weighted by atomic mass is 32.1. The first-order valence-corrected chi connectivity index (χ1v) is 9.55. The van der Waals surface area contributed by atoms with Crippen LogP contribution in [0.25, 0.3) is 20.8 Å². The van der Waals surface area contributed by atoms with Gasteiger partial charge in [0.15, 0.2) is 10.3 Å². The van der Waals surface area contributed by atoms with E-state index < -0.39 is 0 Å². The van der Waals surface area contributed by atoms with Crippen molar-refractivity contribution in [3.8, 4) is 10.6 Å². The highest BCUT2D eigenvalue weighted by molar-refractivity contribution is 7.22. The number of hydrogen-bond acceptors (Lipinski definition) is 6. The standard InChI is InChI=1S/C16H13N3S3/c1-2-10-5-6-11-14(8-10)22-16(17-11)19-15-18-12(9-21-15)13-4-3-7-20-13/h3-9H,2H2,1H3,(H,17,18,19). The van der Waals surface area contributed by atoms with Gasteiger partial charge in [-0.25, -0.2) is 9.97 Å². The number of anilines is 2. The quantitative estimate of drug-likeness (QED) is 0.510. The summed E-state index contributed by atoms with van der Waals surface area (Å²) in [6, 6.07) is 10.6. The van der Waals surface area contributed by atoms with Crippen LogP contribution in [0.2, 0.25) is 0 Å². The van der Waals surface area contributed by atoms with Crippen molar-refractivity contribution in [1.29, 1.82) is 0 Å². The molecule has 3 nitrogen and oxygen atoms in total. The van der Waals surface area contributed by atoms with Gasteiger partial charge in [0, 0.05) is 5.38 Å². The monoisotopic (exact) mass is 343 g/mol. The molecule has 3 heterocycles. The largest absolute Gasteiger partial charge is 0.307 e. The maximum absolute atomic E-state index is 4.64. The maximum Gasteiger partial charge on any atom is 0.190 e. The Labute approximate surface area is 140 Å². The number of aryl methyl sites for hydroxylation is 1. The molecular weight excluding hydrogens is 330 g/mol. The van der Waals surface area contributed by atoms with Gasteiger partial charge in [-0.1, -0.05) is 30.4 Å². The minimum atomic E-state index is 0.887. The van der Waals surface area contributed by atoms with Crippen LogP contribution < -0.4 is 5.32 Å². The van der Waals surface area contributed by atoms with Crippen molar-refractivity contribution in [2.45, 2.75) is 13.3 Å². The van der Waals surface area contributed by atoms with Gasteiger partial charge in [-0.15, -0.1) is 22.7 Å². The van der Waals surface area contributed by atoms with Gasteiger partial charge < -0.3 is 5.32 Å². The molecule has 110 valence electrons. The summed E-state index contributed by atoms with van der Waals surface area (Å²) >= 11 is 4.99. The number of nitrogens with zero attached hydrogens (tertiary/aromatic N) is 2. The second-order valence-corrected chi connectivity index (χ2v) is 7.65. The van der Waals surface area contributed by atoms with E-state index in [1.165, 1.54) is 15.1 Å². The lowest BCUT2D eigenvalue weighted by Gasteiger charge is -1.94. The van der Waals surface area contributed by atoms with Gasteiger partial charge in [0.2, 0.25) is 0 Å². The summed E-state index contributed by atoms with van der Waals surface area (Å²) in [5, 5.41) is 9.27. The molecule has 0 fully saturated rings. The van der Waals surface area contributed by atoms with Gasteiger partial charge in [-0.2, -0.15) is 0 Å². The minimum absolute atomic E-state index is 0.887. The summed E-state index contributed by atoms with van der Waals surface area (Å²) < 4.78 is 1.22. The molecule has 0 aliphatic heterocycles. The Kier molecular flexibility index (Phi) is 3.65. The van der Waals surface area contributed by atoms with E-state index in [-0.39, 0.29) is 0 Å². The van der Waals surface area contributed by atoms with Crippen LogP contribution in [0.15, 0.2) is 41.1 Å². The van der Waals surface area contributed by atoms with Crippen molar-refractivity contribution < 1.29 is 0 Å². The average molecular weight is 344 g/mol. The second-order valence-electron chi connectivity index (χ2n) is 4.81. The van der Waals surface area contributed by atoms with Crippen LogP contribution in [0.3, 0.4) is 0 Å². The van der Waals surface area contributed by atoms with Crippen LogP contribution >= 0.6 is 34.0 Å². The van der Waals surface area contributed by atoms with E-state index in [9.17, 15) is 0 Å². The molecule has 22 heavy (non-hydrogen) atoms. The lowest BCUT2D eigenvalue weighted by Crippen LogP contribution is -1.87. The predicted molar refractivity (Wildman–Crippen MR) is 97.7 cm³/mol. The van der Waals surface area contributed by atoms with Crippen molar-refractivity contribution in [3.05, 3.63) is 46.7 Å². The second kappa shape index (κ2) is 5.79. The summed E-state index contributed by atoms with van der Waals surface area (Å²) in [7, 11) is 0. The Morgan fingerprint density at radius 2 is 2.05 bits per heavy atom. The maximum atomic E-state index is 4.64. The molecule has 0 spiro atoms. The van der Waals surface area contributed by atoms with Crippen LogP contribution in [0, 0.1) is 0 Å². The Morgan fingerprint density at radius 1 is 1.09 bits per heavy atom. The normalized spacial score (nSPS) is 11.1. The van der Waals surface area contributed by atoms with Gasteiger partial charge in [-0.3, -0.25) is 0 Å². The van der Waals surface area contributed by atoms with E-state index in [2.05, 4.69) is 57.2 Å². The SMILES string of the molecule is CCc1ccc2nc(Nc3nc(-c4cccs4)cs3)sc2c1. The smallest absolute Gasteiger partial charge is 0.190 e. The number of thiophene rings is 1. The lowest BCUT2D eigenvalue weighted by molar-refractivity contribution is 1.15. The first-order chi connectivity index (χ1) is 10.8. The fourth-order valence-corrected chi connectivity index (χ4v) is 4.67. The van der Waals surface area contributed by atoms with Gasteiger partial charge in [-0.05, 0) is 35.6 Å². The molecule has 0 amide bonds. The van der Waals surface area contributed by atoms with E-state index in [1.54, 1.807) is 34.0 Å². The summed E-state index contributed by atoms with van der Waals surface area (Å²) in [6.45, 7) is 2.17. The molecule has 1 N–H and O–H groups in total. The van der Waals surface area contributed by atoms with Crippen LogP contribution in [0.4, 0.5) is 10.3 Å². The number of hydrogen-bond donors (Lipinski definition) is 1. The van der Waals surface area contributed by atoms with Gasteiger partial charge >= 0.3 is 0 Å². The number of fused-ring (bicyclic) bond motifs is 1. The van der Waals surface area contributed by atoms with Gasteiger partial charge in [0.1, 0.15) is 0 Å². The topological polar surface area (TPSA) is 37.8 Å². The van der Waals surface area contributed by atoms with E-state index in [4.69, 9.17) is 0 Å². The Balaban J connectivity index is 1.60. The molecular formula is C16H13N3S3. The Morgan fingerprint density at radius 3 is 2.86 bits per heavy atom. The molecule has 1 aromatic carbocycles. The first-order valence-electron chi connectivity index (χ1n) is 6.98. The van der Waals surface area contributed by atoms with E-state index in [0.717, 1.165) is 27.9 Å². The molecule has 3 aromatic heterocycles. The summed E-state index contributed by atoms with van der Waals surface area (Å²) in [5.74, 6) is 0. The third-order valence-corrected chi connectivity index (χ3v) is 5.94. The van der Waals surface area contributed by atoms with Crippen LogP contribution in [-0.2, 0) is 6.42 Å². The van der Waals surface area contributed by atoms with E-state index in [0.29, 0.717) is 0 Å². The highest BCUT2D eigenvalue weighted by Gasteiger charge is 2.09. The number of rotatable bonds is 4. The number of thiazole rings is 2. The van der Waals surface area contributed by atoms with Gasteiger partial charge in [0.25, 0.3) is 0 Å². The molecule has 0 unspecified atom stereocenters. The van der Waals surface area contributed by atoms with E-state index in [1.807, 2.05) is 6.07 Å². The highest BCUT2D eigenvalue weighted by Crippen LogP contribution is 2.33. The molecule has 4 rings (SSSR count). The molecule has 0 bridgehead atoms. The third kappa shape index (κ3) is 2.65. The Bertz CT molecular complexity index is 906. The fourth-order valence-electron chi connectivity index (χ4n) is 2.20. The number of benzene rings is 1. The van der Waals surface area contributed by atoms with Crippen molar-refractivity contribution in [2.75, 3.05) is 5.32 Å². The zero-order chi connectivity index (χ0) is 14.9. The number of aromatic nitrogens is 2. The molecule has 0 aliphatic rings. The van der Waals surface area contributed by atoms with Crippen LogP contribution in [0.5, 0.6) is 0 Å². The third-order valence-electron chi connectivity index (χ3n) is 3.35. The molecule has 0 radical (unpaired) electrons. The lowest BCUT2D eigenvalue weighted by atomic mass is 10.2. The molecule has 0 aliphatic carbocycles. The van der Waals surface area contributed by atoms with Crippen LogP contribution in [-0.4, -0.2) is 9.97 Å². The van der Waals surface area contributed by atoms with Gasteiger partial charge in [0.05, 0.1) is 20.8 Å². The van der Waals surface area contributed by atoms with Crippen molar-refractivity contribution in [1.82, 2.24) is 9.97 Å². The molecule has 4 aromatic rings. The summed E-state index contributed by atoms with van der Waals surface area (Å²) in [4.78, 5) is 10.5. The van der Waals surface area contributed by atoms with Crippen molar-refractivity contribution >= 4 is 54.5 Å². The predicted octanol–water partition coefficient (Wildman–Crippen LogP) is 5.79. The molecule has 0 saturated carbocycles. The first kappa shape index (κ1) is 13.9. The van der Waals surface area contributed by atoms with Crippen molar-refractivity contribution in [2.24, 2.45) is 0 Å². The summed E-state index contributed by atoms with van der Waals surface area (Å²) in [6.07, 6.45) is 1.05. The molecule has 0 atom stereocenters. The Hall–Kier alpha value is -1.76. The zero-order valence-corrected chi connectivity index (χ0v) is 14.3. The fraction of sp³-hybridized carbons (Fsp3) is 0.125. The minimum Gasteiger partial charge on any atom is -0.307 e. The van der Waals surface area contributed by atoms with Crippen LogP contribution in [0.1, 0.15) is 12.5 Å². The summed E-state index contributed by atoms with van der Waals surface area (Å²) in [5.41, 5.74) is 3.41. The number of nitrogens with one attached hydrogen (secondary N) is 1. The average Bonchev–Trinajstić information content (AvgIpc) is 3.26. The molecule has 6 heteroatoms. The molecule has 0 saturated heterocycles. The zero-order valence-electron chi connectivity index (χ0n) is 11.9. The van der Waals surface area contributed by atoms with E-state index >= 15 is 0 Å².